The molecule has 2 heterocycles. The van der Waals surface area contributed by atoms with Crippen LogP contribution in [0.15, 0.2) is 90.6 Å². The van der Waals surface area contributed by atoms with Crippen LogP contribution in [0.25, 0.3) is 21.3 Å². The van der Waals surface area contributed by atoms with Crippen LogP contribution in [0.1, 0.15) is 0 Å². The second-order valence-corrected chi connectivity index (χ2v) is 7.45. The van der Waals surface area contributed by atoms with Gasteiger partial charge in [0, 0.05) is 10.9 Å². The number of rotatable bonds is 5. The minimum atomic E-state index is -0.264. The van der Waals surface area contributed by atoms with E-state index in [1.807, 2.05) is 60.0 Å². The molecule has 0 radical (unpaired) electrons. The first-order chi connectivity index (χ1) is 14.8. The maximum Gasteiger partial charge on any atom is 0.150 e. The maximum absolute atomic E-state index is 13.4. The van der Waals surface area contributed by atoms with Gasteiger partial charge in [0.25, 0.3) is 0 Å². The molecule has 4 nitrogen and oxygen atoms in total. The molecule has 2 aromatic heterocycles. The molecule has 0 spiro atoms. The highest BCUT2D eigenvalue weighted by Crippen LogP contribution is 2.39. The number of nitrogens with zero attached hydrogens (tertiary/aromatic N) is 2. The van der Waals surface area contributed by atoms with Crippen molar-refractivity contribution in [2.45, 2.75) is 0 Å². The Hall–Kier alpha value is -3.77. The van der Waals surface area contributed by atoms with Gasteiger partial charge in [-0.25, -0.2) is 14.4 Å². The van der Waals surface area contributed by atoms with Gasteiger partial charge in [-0.2, -0.15) is 0 Å². The molecule has 0 aliphatic carbocycles. The van der Waals surface area contributed by atoms with Crippen LogP contribution in [-0.4, -0.2) is 9.97 Å². The van der Waals surface area contributed by atoms with Crippen molar-refractivity contribution < 1.29 is 9.13 Å². The van der Waals surface area contributed by atoms with Gasteiger partial charge in [0.1, 0.15) is 28.5 Å². The Morgan fingerprint density at radius 2 is 1.60 bits per heavy atom. The molecule has 146 valence electrons. The molecular weight excluding hydrogens is 397 g/mol. The molecule has 0 unspecified atom stereocenters. The number of ether oxygens (including phenoxy) is 1. The van der Waals surface area contributed by atoms with Crippen molar-refractivity contribution >= 4 is 33.1 Å². The Bertz CT molecular complexity index is 1300. The largest absolute Gasteiger partial charge is 0.455 e. The number of aromatic nitrogens is 2. The topological polar surface area (TPSA) is 47.0 Å². The third kappa shape index (κ3) is 3.60. The van der Waals surface area contributed by atoms with Crippen molar-refractivity contribution in [2.75, 3.05) is 5.32 Å². The Balaban J connectivity index is 1.55. The number of fused-ring (bicyclic) bond motifs is 1. The second kappa shape index (κ2) is 7.93. The van der Waals surface area contributed by atoms with E-state index >= 15 is 0 Å². The molecule has 0 aliphatic rings. The number of para-hydroxylation sites is 3. The van der Waals surface area contributed by atoms with E-state index in [2.05, 4.69) is 15.3 Å². The molecule has 0 bridgehead atoms. The zero-order chi connectivity index (χ0) is 20.3. The molecule has 5 rings (SSSR count). The molecule has 1 N–H and O–H groups in total. The van der Waals surface area contributed by atoms with Gasteiger partial charge >= 0.3 is 0 Å². The highest BCUT2D eigenvalue weighted by Gasteiger charge is 2.15. The van der Waals surface area contributed by atoms with Crippen molar-refractivity contribution in [3.8, 4) is 22.6 Å². The van der Waals surface area contributed by atoms with E-state index in [-0.39, 0.29) is 5.82 Å². The van der Waals surface area contributed by atoms with E-state index in [1.54, 1.807) is 12.1 Å². The van der Waals surface area contributed by atoms with E-state index in [0.29, 0.717) is 11.6 Å². The third-order valence-electron chi connectivity index (χ3n) is 4.64. The maximum atomic E-state index is 13.4. The third-order valence-corrected chi connectivity index (χ3v) is 5.52. The van der Waals surface area contributed by atoms with Crippen molar-refractivity contribution in [3.63, 3.8) is 0 Å². The van der Waals surface area contributed by atoms with Gasteiger partial charge in [-0.3, -0.25) is 0 Å². The lowest BCUT2D eigenvalue weighted by molar-refractivity contribution is 0.485. The summed E-state index contributed by atoms with van der Waals surface area (Å²) in [7, 11) is 0. The monoisotopic (exact) mass is 413 g/mol. The van der Waals surface area contributed by atoms with Gasteiger partial charge in [-0.05, 0) is 42.0 Å². The molecule has 3 aromatic carbocycles. The minimum Gasteiger partial charge on any atom is -0.455 e. The SMILES string of the molecule is Fc1ccc(-c2csc3ncnc(Nc4ccccc4Oc4ccccc4)c23)cc1. The molecule has 0 saturated heterocycles. The second-order valence-electron chi connectivity index (χ2n) is 6.59. The number of benzene rings is 3. The molecule has 0 saturated carbocycles. The van der Waals surface area contributed by atoms with Crippen LogP contribution in [0, 0.1) is 5.82 Å². The molecule has 0 aliphatic heterocycles. The summed E-state index contributed by atoms with van der Waals surface area (Å²) < 4.78 is 19.4. The van der Waals surface area contributed by atoms with Crippen molar-refractivity contribution in [3.05, 3.63) is 96.4 Å². The van der Waals surface area contributed by atoms with Gasteiger partial charge in [0.05, 0.1) is 11.1 Å². The molecular formula is C24H16FN3OS. The molecule has 30 heavy (non-hydrogen) atoms. The van der Waals surface area contributed by atoms with Gasteiger partial charge < -0.3 is 10.1 Å². The predicted octanol–water partition coefficient (Wildman–Crippen LogP) is 7.03. The number of halogens is 1. The van der Waals surface area contributed by atoms with Crippen LogP contribution < -0.4 is 10.1 Å². The van der Waals surface area contributed by atoms with Gasteiger partial charge in [-0.1, -0.05) is 42.5 Å². The molecule has 0 amide bonds. The minimum absolute atomic E-state index is 0.264. The van der Waals surface area contributed by atoms with Gasteiger partial charge in [-0.15, -0.1) is 11.3 Å². The van der Waals surface area contributed by atoms with Crippen molar-refractivity contribution in [1.29, 1.82) is 0 Å². The van der Waals surface area contributed by atoms with Crippen LogP contribution in [0.4, 0.5) is 15.9 Å². The standard InChI is InChI=1S/C24H16FN3OS/c25-17-12-10-16(11-13-17)19-14-30-24-22(19)23(26-15-27-24)28-20-8-4-5-9-21(20)29-18-6-2-1-3-7-18/h1-15H,(H,26,27,28). The first-order valence-corrected chi connectivity index (χ1v) is 10.2. The highest BCUT2D eigenvalue weighted by atomic mass is 32.1. The summed E-state index contributed by atoms with van der Waals surface area (Å²) in [5.41, 5.74) is 2.66. The molecule has 0 fully saturated rings. The Morgan fingerprint density at radius 3 is 2.43 bits per heavy atom. The first kappa shape index (κ1) is 18.3. The zero-order valence-corrected chi connectivity index (χ0v) is 16.6. The quantitative estimate of drug-likeness (QED) is 0.336. The molecule has 6 heteroatoms. The summed E-state index contributed by atoms with van der Waals surface area (Å²) in [6, 6.07) is 23.8. The highest BCUT2D eigenvalue weighted by molar-refractivity contribution is 7.17. The first-order valence-electron chi connectivity index (χ1n) is 9.35. The fourth-order valence-corrected chi connectivity index (χ4v) is 4.13. The van der Waals surface area contributed by atoms with Gasteiger partial charge in [0.15, 0.2) is 5.75 Å². The van der Waals surface area contributed by atoms with Crippen LogP contribution in [-0.2, 0) is 0 Å². The van der Waals surface area contributed by atoms with E-state index < -0.39 is 0 Å². The lowest BCUT2D eigenvalue weighted by atomic mass is 10.1. The average molecular weight is 413 g/mol. The molecule has 0 atom stereocenters. The Labute approximate surface area is 176 Å². The van der Waals surface area contributed by atoms with Crippen molar-refractivity contribution in [2.24, 2.45) is 0 Å². The van der Waals surface area contributed by atoms with Crippen molar-refractivity contribution in [1.82, 2.24) is 9.97 Å². The molecule has 5 aromatic rings. The zero-order valence-electron chi connectivity index (χ0n) is 15.7. The van der Waals surface area contributed by atoms with Crippen LogP contribution >= 0.6 is 11.3 Å². The van der Waals surface area contributed by atoms with Crippen LogP contribution in [0.3, 0.4) is 0 Å². The number of hydrogen-bond donors (Lipinski definition) is 1. The fraction of sp³-hybridized carbons (Fsp3) is 0. The average Bonchev–Trinajstić information content (AvgIpc) is 3.22. The summed E-state index contributed by atoms with van der Waals surface area (Å²) in [6.45, 7) is 0. The summed E-state index contributed by atoms with van der Waals surface area (Å²) >= 11 is 1.53. The Kier molecular flexibility index (Phi) is 4.83. The summed E-state index contributed by atoms with van der Waals surface area (Å²) in [6.07, 6.45) is 1.54. The van der Waals surface area contributed by atoms with E-state index in [1.165, 1.54) is 29.8 Å². The Morgan fingerprint density at radius 1 is 0.833 bits per heavy atom. The predicted molar refractivity (Wildman–Crippen MR) is 119 cm³/mol. The lowest BCUT2D eigenvalue weighted by Crippen LogP contribution is -1.98. The van der Waals surface area contributed by atoms with Crippen LogP contribution in [0.2, 0.25) is 0 Å². The van der Waals surface area contributed by atoms with Crippen LogP contribution in [0.5, 0.6) is 11.5 Å². The summed E-state index contributed by atoms with van der Waals surface area (Å²) in [5.74, 6) is 1.85. The fourth-order valence-electron chi connectivity index (χ4n) is 3.21. The number of thiophene rings is 1. The summed E-state index contributed by atoms with van der Waals surface area (Å²) in [5, 5.41) is 6.31. The smallest absolute Gasteiger partial charge is 0.150 e. The number of anilines is 2. The summed E-state index contributed by atoms with van der Waals surface area (Å²) in [4.78, 5) is 9.74. The van der Waals surface area contributed by atoms with E-state index in [9.17, 15) is 4.39 Å². The lowest BCUT2D eigenvalue weighted by Gasteiger charge is -2.13. The van der Waals surface area contributed by atoms with E-state index in [4.69, 9.17) is 4.74 Å². The number of hydrogen-bond acceptors (Lipinski definition) is 5. The van der Waals surface area contributed by atoms with E-state index in [0.717, 1.165) is 32.8 Å². The normalized spacial score (nSPS) is 10.8. The number of nitrogens with one attached hydrogen (secondary N) is 1. The van der Waals surface area contributed by atoms with Gasteiger partial charge in [0.2, 0.25) is 0 Å².